The fraction of sp³-hybridized carbons (Fsp3) is 0.214. The van der Waals surface area contributed by atoms with Crippen LogP contribution in [0, 0.1) is 20.8 Å². The lowest BCUT2D eigenvalue weighted by atomic mass is 10.3. The van der Waals surface area contributed by atoms with Crippen molar-refractivity contribution in [1.29, 1.82) is 0 Å². The molecule has 0 spiro atoms. The maximum Gasteiger partial charge on any atom is 0.276 e. The van der Waals surface area contributed by atoms with Crippen molar-refractivity contribution in [2.75, 3.05) is 5.32 Å². The predicted molar refractivity (Wildman–Crippen MR) is 87.2 cm³/mol. The summed E-state index contributed by atoms with van der Waals surface area (Å²) < 4.78 is 2.68. The van der Waals surface area contributed by atoms with Crippen LogP contribution in [0.15, 0.2) is 22.1 Å². The Kier molecular flexibility index (Phi) is 3.54. The van der Waals surface area contributed by atoms with Crippen molar-refractivity contribution in [3.8, 4) is 0 Å². The quantitative estimate of drug-likeness (QED) is 0.753. The van der Waals surface area contributed by atoms with Crippen molar-refractivity contribution < 1.29 is 4.79 Å². The number of imidazole rings is 1. The number of halogens is 1. The smallest absolute Gasteiger partial charge is 0.276 e. The van der Waals surface area contributed by atoms with Crippen LogP contribution in [0.1, 0.15) is 27.4 Å². The number of hydrogen-bond acceptors (Lipinski definition) is 4. The molecule has 5 nitrogen and oxygen atoms in total. The summed E-state index contributed by atoms with van der Waals surface area (Å²) in [6.07, 6.45) is 1.90. The second-order valence-electron chi connectivity index (χ2n) is 4.85. The van der Waals surface area contributed by atoms with E-state index in [9.17, 15) is 4.79 Å². The van der Waals surface area contributed by atoms with Gasteiger partial charge in [0, 0.05) is 11.6 Å². The molecule has 3 aromatic rings. The first kappa shape index (κ1) is 14.2. The molecule has 0 aliphatic heterocycles. The van der Waals surface area contributed by atoms with E-state index in [2.05, 4.69) is 31.2 Å². The molecule has 3 heterocycles. The normalized spacial score (nSPS) is 11.0. The number of pyridine rings is 1. The van der Waals surface area contributed by atoms with E-state index in [-0.39, 0.29) is 5.91 Å². The Labute approximate surface area is 134 Å². The zero-order valence-corrected chi connectivity index (χ0v) is 14.2. The molecule has 3 aromatic heterocycles. The molecule has 0 aromatic carbocycles. The number of amides is 1. The average Bonchev–Trinajstić information content (AvgIpc) is 2.92. The minimum Gasteiger partial charge on any atom is -0.296 e. The van der Waals surface area contributed by atoms with E-state index in [0.29, 0.717) is 16.5 Å². The first-order chi connectivity index (χ1) is 9.95. The molecule has 0 radical (unpaired) electrons. The van der Waals surface area contributed by atoms with Crippen LogP contribution in [0.25, 0.3) is 5.65 Å². The topological polar surface area (TPSA) is 59.3 Å². The minimum absolute atomic E-state index is 0.202. The highest BCUT2D eigenvalue weighted by Gasteiger charge is 2.19. The van der Waals surface area contributed by atoms with E-state index in [1.54, 1.807) is 0 Å². The van der Waals surface area contributed by atoms with Crippen LogP contribution in [-0.4, -0.2) is 20.3 Å². The van der Waals surface area contributed by atoms with Gasteiger partial charge in [-0.15, -0.1) is 11.3 Å². The molecule has 21 heavy (non-hydrogen) atoms. The minimum atomic E-state index is -0.202. The number of carbonyl (C=O) groups is 1. The van der Waals surface area contributed by atoms with Gasteiger partial charge in [0.1, 0.15) is 5.69 Å². The number of nitrogens with one attached hydrogen (secondary N) is 1. The van der Waals surface area contributed by atoms with E-state index >= 15 is 0 Å². The van der Waals surface area contributed by atoms with Crippen molar-refractivity contribution in [2.45, 2.75) is 20.8 Å². The summed E-state index contributed by atoms with van der Waals surface area (Å²) in [6, 6.07) is 1.98. The molecule has 0 aliphatic rings. The van der Waals surface area contributed by atoms with Gasteiger partial charge in [-0.2, -0.15) is 0 Å². The fourth-order valence-electron chi connectivity index (χ4n) is 2.19. The van der Waals surface area contributed by atoms with Gasteiger partial charge < -0.3 is 0 Å². The van der Waals surface area contributed by atoms with Gasteiger partial charge in [0.05, 0.1) is 15.9 Å². The Morgan fingerprint density at radius 3 is 2.76 bits per heavy atom. The number of aromatic nitrogens is 3. The third-order valence-corrected chi connectivity index (χ3v) is 4.50. The summed E-state index contributed by atoms with van der Waals surface area (Å²) in [7, 11) is 0. The Balaban J connectivity index is 2.07. The largest absolute Gasteiger partial charge is 0.296 e. The van der Waals surface area contributed by atoms with Crippen molar-refractivity contribution in [1.82, 2.24) is 14.4 Å². The van der Waals surface area contributed by atoms with Gasteiger partial charge in [0.15, 0.2) is 10.8 Å². The van der Waals surface area contributed by atoms with Gasteiger partial charge in [-0.05, 0) is 48.3 Å². The SMILES string of the molecule is Cc1cc(Br)c2nc(C)c(C(=O)Nc3nc(C)cs3)n2c1. The van der Waals surface area contributed by atoms with E-state index in [4.69, 9.17) is 0 Å². The van der Waals surface area contributed by atoms with Gasteiger partial charge in [0.25, 0.3) is 5.91 Å². The van der Waals surface area contributed by atoms with Crippen LogP contribution in [-0.2, 0) is 0 Å². The lowest BCUT2D eigenvalue weighted by molar-refractivity contribution is 0.102. The molecule has 3 rings (SSSR count). The zero-order chi connectivity index (χ0) is 15.1. The van der Waals surface area contributed by atoms with E-state index in [1.807, 2.05) is 42.8 Å². The molecular formula is C14H13BrN4OS. The van der Waals surface area contributed by atoms with Crippen LogP contribution in [0.2, 0.25) is 0 Å². The highest BCUT2D eigenvalue weighted by molar-refractivity contribution is 9.10. The summed E-state index contributed by atoms with van der Waals surface area (Å²) in [5.74, 6) is -0.202. The first-order valence-electron chi connectivity index (χ1n) is 6.34. The molecule has 1 amide bonds. The number of rotatable bonds is 2. The summed E-state index contributed by atoms with van der Waals surface area (Å²) in [5, 5.41) is 5.33. The summed E-state index contributed by atoms with van der Waals surface area (Å²) in [4.78, 5) is 21.2. The molecule has 0 bridgehead atoms. The zero-order valence-electron chi connectivity index (χ0n) is 11.8. The fourth-order valence-corrected chi connectivity index (χ4v) is 3.51. The maximum atomic E-state index is 12.5. The summed E-state index contributed by atoms with van der Waals surface area (Å²) in [6.45, 7) is 5.70. The molecule has 108 valence electrons. The average molecular weight is 365 g/mol. The number of hydrogen-bond donors (Lipinski definition) is 1. The van der Waals surface area contributed by atoms with E-state index in [0.717, 1.165) is 21.4 Å². The van der Waals surface area contributed by atoms with Crippen LogP contribution in [0.4, 0.5) is 5.13 Å². The molecule has 0 fully saturated rings. The number of thiazole rings is 1. The molecule has 0 saturated carbocycles. The van der Waals surface area contributed by atoms with Crippen molar-refractivity contribution in [3.05, 3.63) is 44.8 Å². The van der Waals surface area contributed by atoms with Gasteiger partial charge in [-0.1, -0.05) is 0 Å². The molecule has 0 atom stereocenters. The van der Waals surface area contributed by atoms with E-state index in [1.165, 1.54) is 11.3 Å². The predicted octanol–water partition coefficient (Wildman–Crippen LogP) is 3.73. The van der Waals surface area contributed by atoms with Crippen molar-refractivity contribution in [3.63, 3.8) is 0 Å². The van der Waals surface area contributed by atoms with Crippen LogP contribution in [0.3, 0.4) is 0 Å². The first-order valence-corrected chi connectivity index (χ1v) is 8.01. The molecule has 0 unspecified atom stereocenters. The monoisotopic (exact) mass is 364 g/mol. The Hall–Kier alpha value is -1.73. The lowest BCUT2D eigenvalue weighted by Gasteiger charge is -2.05. The Morgan fingerprint density at radius 1 is 1.33 bits per heavy atom. The third kappa shape index (κ3) is 2.58. The summed E-state index contributed by atoms with van der Waals surface area (Å²) in [5.41, 5.74) is 3.89. The van der Waals surface area contributed by atoms with Gasteiger partial charge in [0.2, 0.25) is 0 Å². The number of fused-ring (bicyclic) bond motifs is 1. The van der Waals surface area contributed by atoms with Crippen molar-refractivity contribution in [2.24, 2.45) is 0 Å². The highest BCUT2D eigenvalue weighted by Crippen LogP contribution is 2.23. The number of carbonyl (C=O) groups excluding carboxylic acids is 1. The lowest BCUT2D eigenvalue weighted by Crippen LogP contribution is -2.15. The summed E-state index contributed by atoms with van der Waals surface area (Å²) >= 11 is 4.90. The highest BCUT2D eigenvalue weighted by atomic mass is 79.9. The molecule has 7 heteroatoms. The number of aryl methyl sites for hydroxylation is 3. The standard InChI is InChI=1S/C14H13BrN4OS/c1-7-4-10(15)12-17-9(3)11(19(12)5-7)13(20)18-14-16-8(2)6-21-14/h4-6H,1-3H3,(H,16,18,20). The Morgan fingerprint density at radius 2 is 2.10 bits per heavy atom. The Bertz CT molecular complexity index is 852. The molecule has 1 N–H and O–H groups in total. The molecular weight excluding hydrogens is 352 g/mol. The van der Waals surface area contributed by atoms with Crippen LogP contribution >= 0.6 is 27.3 Å². The number of nitrogens with zero attached hydrogens (tertiary/aromatic N) is 3. The van der Waals surface area contributed by atoms with Crippen LogP contribution < -0.4 is 5.32 Å². The van der Waals surface area contributed by atoms with Gasteiger partial charge >= 0.3 is 0 Å². The van der Waals surface area contributed by atoms with Gasteiger partial charge in [-0.3, -0.25) is 14.5 Å². The van der Waals surface area contributed by atoms with E-state index < -0.39 is 0 Å². The second-order valence-corrected chi connectivity index (χ2v) is 6.57. The maximum absolute atomic E-state index is 12.5. The third-order valence-electron chi connectivity index (χ3n) is 3.04. The van der Waals surface area contributed by atoms with Crippen LogP contribution in [0.5, 0.6) is 0 Å². The second kappa shape index (κ2) is 5.23. The van der Waals surface area contributed by atoms with Gasteiger partial charge in [-0.25, -0.2) is 9.97 Å². The number of anilines is 1. The molecule has 0 aliphatic carbocycles. The molecule has 0 saturated heterocycles. The van der Waals surface area contributed by atoms with Crippen molar-refractivity contribution >= 4 is 44.0 Å².